The largest absolute Gasteiger partial charge is 0.469 e. The second-order valence-corrected chi connectivity index (χ2v) is 3.74. The van der Waals surface area contributed by atoms with E-state index in [9.17, 15) is 4.79 Å². The normalized spacial score (nSPS) is 10.7. The number of rotatable bonds is 7. The summed E-state index contributed by atoms with van der Waals surface area (Å²) in [6.07, 6.45) is -0.0581. The van der Waals surface area contributed by atoms with E-state index >= 15 is 0 Å². The van der Waals surface area contributed by atoms with E-state index in [0.717, 1.165) is 11.1 Å². The molecule has 4 heteroatoms. The van der Waals surface area contributed by atoms with Gasteiger partial charge in [-0.15, -0.1) is 0 Å². The maximum absolute atomic E-state index is 11.1. The van der Waals surface area contributed by atoms with Gasteiger partial charge in [0.2, 0.25) is 0 Å². The Hall–Kier alpha value is -1.39. The summed E-state index contributed by atoms with van der Waals surface area (Å²) in [5.74, 6) is -0.242. The molecule has 0 atom stereocenters. The zero-order valence-corrected chi connectivity index (χ0v) is 11.1. The Bertz CT molecular complexity index is 353. The lowest BCUT2D eigenvalue weighted by Gasteiger charge is -2.17. The first-order chi connectivity index (χ1) is 8.71. The maximum atomic E-state index is 11.1. The van der Waals surface area contributed by atoms with Crippen LogP contribution in [0.3, 0.4) is 0 Å². The van der Waals surface area contributed by atoms with Crippen LogP contribution in [0.15, 0.2) is 24.3 Å². The van der Waals surface area contributed by atoms with E-state index in [4.69, 9.17) is 9.47 Å². The summed E-state index contributed by atoms with van der Waals surface area (Å²) in [6, 6.07) is 7.59. The first-order valence-corrected chi connectivity index (χ1v) is 6.10. The molecule has 0 amide bonds. The maximum Gasteiger partial charge on any atom is 0.309 e. The van der Waals surface area contributed by atoms with Gasteiger partial charge >= 0.3 is 5.97 Å². The highest BCUT2D eigenvalue weighted by atomic mass is 16.7. The van der Waals surface area contributed by atoms with Crippen molar-refractivity contribution in [2.45, 2.75) is 26.6 Å². The van der Waals surface area contributed by atoms with Crippen LogP contribution in [0.1, 0.15) is 31.3 Å². The molecule has 0 N–H and O–H groups in total. The quantitative estimate of drug-likeness (QED) is 0.552. The van der Waals surface area contributed by atoms with Gasteiger partial charge in [0, 0.05) is 18.8 Å². The molecule has 0 bridgehead atoms. The Morgan fingerprint density at radius 1 is 1.11 bits per heavy atom. The van der Waals surface area contributed by atoms with Crippen LogP contribution >= 0.6 is 0 Å². The lowest BCUT2D eigenvalue weighted by molar-refractivity contribution is -0.140. The molecule has 18 heavy (non-hydrogen) atoms. The Morgan fingerprint density at radius 2 is 1.67 bits per heavy atom. The van der Waals surface area contributed by atoms with Gasteiger partial charge in [-0.3, -0.25) is 4.79 Å². The number of ether oxygens (including phenoxy) is 3. The molecule has 0 spiro atoms. The van der Waals surface area contributed by atoms with Crippen molar-refractivity contribution < 1.29 is 19.0 Å². The Balaban J connectivity index is 2.70. The highest BCUT2D eigenvalue weighted by molar-refractivity contribution is 5.72. The molecule has 0 radical (unpaired) electrons. The predicted octanol–water partition coefficient (Wildman–Crippen LogP) is 2.47. The highest BCUT2D eigenvalue weighted by Gasteiger charge is 2.11. The summed E-state index contributed by atoms with van der Waals surface area (Å²) >= 11 is 0. The van der Waals surface area contributed by atoms with Crippen LogP contribution in [0.5, 0.6) is 0 Å². The zero-order chi connectivity index (χ0) is 13.4. The molecular weight excluding hydrogens is 232 g/mol. The van der Waals surface area contributed by atoms with E-state index in [1.165, 1.54) is 7.11 Å². The van der Waals surface area contributed by atoms with Crippen molar-refractivity contribution in [3.05, 3.63) is 35.4 Å². The molecule has 100 valence electrons. The summed E-state index contributed by atoms with van der Waals surface area (Å²) in [5, 5.41) is 0. The molecule has 0 saturated heterocycles. The average Bonchev–Trinajstić information content (AvgIpc) is 2.39. The van der Waals surface area contributed by atoms with Crippen LogP contribution in [0.25, 0.3) is 0 Å². The molecule has 4 nitrogen and oxygen atoms in total. The second kappa shape index (κ2) is 7.84. The Morgan fingerprint density at radius 3 is 2.11 bits per heavy atom. The van der Waals surface area contributed by atoms with Gasteiger partial charge in [0.1, 0.15) is 0 Å². The lowest BCUT2D eigenvalue weighted by Crippen LogP contribution is -2.09. The molecule has 0 aliphatic carbocycles. The molecule has 0 aromatic heterocycles. The van der Waals surface area contributed by atoms with Gasteiger partial charge in [0.05, 0.1) is 13.5 Å². The third-order valence-corrected chi connectivity index (χ3v) is 2.46. The number of esters is 1. The van der Waals surface area contributed by atoms with Gasteiger partial charge in [-0.2, -0.15) is 0 Å². The van der Waals surface area contributed by atoms with E-state index in [0.29, 0.717) is 13.2 Å². The summed E-state index contributed by atoms with van der Waals surface area (Å²) in [5.41, 5.74) is 1.87. The van der Waals surface area contributed by atoms with Crippen molar-refractivity contribution in [3.8, 4) is 0 Å². The third-order valence-electron chi connectivity index (χ3n) is 2.46. The van der Waals surface area contributed by atoms with Crippen molar-refractivity contribution in [2.24, 2.45) is 0 Å². The van der Waals surface area contributed by atoms with E-state index in [1.807, 2.05) is 38.1 Å². The minimum absolute atomic E-state index is 0.242. The van der Waals surface area contributed by atoms with Crippen LogP contribution in [0.2, 0.25) is 0 Å². The summed E-state index contributed by atoms with van der Waals surface area (Å²) < 4.78 is 15.6. The fraction of sp³-hybridized carbons (Fsp3) is 0.500. The number of hydrogen-bond donors (Lipinski definition) is 0. The standard InChI is InChI=1S/C14H20O4/c1-4-17-14(18-5-2)12-8-6-11(7-9-12)10-13(15)16-3/h6-9,14H,4-5,10H2,1-3H3. The molecule has 0 fully saturated rings. The van der Waals surface area contributed by atoms with Gasteiger partial charge in [-0.1, -0.05) is 24.3 Å². The molecule has 0 aliphatic heterocycles. The van der Waals surface area contributed by atoms with Crippen molar-refractivity contribution >= 4 is 5.97 Å². The second-order valence-electron chi connectivity index (χ2n) is 3.74. The third kappa shape index (κ3) is 4.47. The Kier molecular flexibility index (Phi) is 6.39. The van der Waals surface area contributed by atoms with Crippen molar-refractivity contribution in [1.82, 2.24) is 0 Å². The number of carbonyl (C=O) groups is 1. The minimum Gasteiger partial charge on any atom is -0.469 e. The van der Waals surface area contributed by atoms with Crippen LogP contribution in [0, 0.1) is 0 Å². The summed E-state index contributed by atoms with van der Waals surface area (Å²) in [4.78, 5) is 11.1. The molecule has 1 aromatic rings. The summed E-state index contributed by atoms with van der Waals surface area (Å²) in [7, 11) is 1.39. The van der Waals surface area contributed by atoms with Gasteiger partial charge in [0.25, 0.3) is 0 Å². The zero-order valence-electron chi connectivity index (χ0n) is 11.1. The fourth-order valence-electron chi connectivity index (χ4n) is 1.57. The predicted molar refractivity (Wildman–Crippen MR) is 68.2 cm³/mol. The number of benzene rings is 1. The van der Waals surface area contributed by atoms with Gasteiger partial charge in [0.15, 0.2) is 6.29 Å². The van der Waals surface area contributed by atoms with Crippen LogP contribution in [-0.2, 0) is 25.4 Å². The van der Waals surface area contributed by atoms with Crippen molar-refractivity contribution in [1.29, 1.82) is 0 Å². The molecule has 1 aromatic carbocycles. The summed E-state index contributed by atoms with van der Waals surface area (Å²) in [6.45, 7) is 5.04. The first-order valence-electron chi connectivity index (χ1n) is 6.10. The number of carbonyl (C=O) groups excluding carboxylic acids is 1. The molecule has 0 unspecified atom stereocenters. The minimum atomic E-state index is -0.341. The van der Waals surface area contributed by atoms with Crippen LogP contribution < -0.4 is 0 Å². The van der Waals surface area contributed by atoms with Crippen LogP contribution in [-0.4, -0.2) is 26.3 Å². The van der Waals surface area contributed by atoms with Gasteiger partial charge in [-0.05, 0) is 19.4 Å². The molecule has 0 heterocycles. The molecule has 0 aliphatic rings. The van der Waals surface area contributed by atoms with Crippen molar-refractivity contribution in [2.75, 3.05) is 20.3 Å². The smallest absolute Gasteiger partial charge is 0.309 e. The van der Waals surface area contributed by atoms with E-state index < -0.39 is 0 Å². The monoisotopic (exact) mass is 252 g/mol. The van der Waals surface area contributed by atoms with Crippen LogP contribution in [0.4, 0.5) is 0 Å². The first kappa shape index (κ1) is 14.7. The topological polar surface area (TPSA) is 44.8 Å². The lowest BCUT2D eigenvalue weighted by atomic mass is 10.1. The fourth-order valence-corrected chi connectivity index (χ4v) is 1.57. The number of methoxy groups -OCH3 is 1. The average molecular weight is 252 g/mol. The SMILES string of the molecule is CCOC(OCC)c1ccc(CC(=O)OC)cc1. The molecular formula is C14H20O4. The Labute approximate surface area is 108 Å². The highest BCUT2D eigenvalue weighted by Crippen LogP contribution is 2.19. The molecule has 0 saturated carbocycles. The van der Waals surface area contributed by atoms with Gasteiger partial charge in [-0.25, -0.2) is 0 Å². The van der Waals surface area contributed by atoms with E-state index in [2.05, 4.69) is 4.74 Å². The van der Waals surface area contributed by atoms with E-state index in [1.54, 1.807) is 0 Å². The van der Waals surface area contributed by atoms with Crippen molar-refractivity contribution in [3.63, 3.8) is 0 Å². The van der Waals surface area contributed by atoms with E-state index in [-0.39, 0.29) is 18.7 Å². The van der Waals surface area contributed by atoms with Gasteiger partial charge < -0.3 is 14.2 Å². The molecule has 1 rings (SSSR count). The number of hydrogen-bond acceptors (Lipinski definition) is 4.